The van der Waals surface area contributed by atoms with Gasteiger partial charge in [0.2, 0.25) is 0 Å². The van der Waals surface area contributed by atoms with Gasteiger partial charge in [0.05, 0.1) is 11.1 Å². The lowest BCUT2D eigenvalue weighted by molar-refractivity contribution is 0.0248. The van der Waals surface area contributed by atoms with Gasteiger partial charge in [0.25, 0.3) is 5.91 Å². The van der Waals surface area contributed by atoms with Crippen molar-refractivity contribution >= 4 is 17.5 Å². The monoisotopic (exact) mass is 346 g/mol. The van der Waals surface area contributed by atoms with Crippen LogP contribution in [0.1, 0.15) is 23.7 Å². The minimum Gasteiger partial charge on any atom is -0.456 e. The molecule has 1 aromatic carbocycles. The number of benzene rings is 1. The van der Waals surface area contributed by atoms with E-state index in [9.17, 15) is 9.90 Å². The van der Waals surface area contributed by atoms with Crippen molar-refractivity contribution in [3.8, 4) is 11.5 Å². The van der Waals surface area contributed by atoms with Crippen molar-refractivity contribution in [3.05, 3.63) is 53.3 Å². The van der Waals surface area contributed by atoms with Gasteiger partial charge in [-0.15, -0.1) is 0 Å². The quantitative estimate of drug-likeness (QED) is 0.925. The maximum absolute atomic E-state index is 12.6. The summed E-state index contributed by atoms with van der Waals surface area (Å²) in [5.74, 6) is 1.19. The lowest BCUT2D eigenvalue weighted by atomic mass is 9.95. The summed E-state index contributed by atoms with van der Waals surface area (Å²) in [7, 11) is 0. The highest BCUT2D eigenvalue weighted by molar-refractivity contribution is 6.32. The highest BCUT2D eigenvalue weighted by Crippen LogP contribution is 2.30. The van der Waals surface area contributed by atoms with Crippen LogP contribution >= 0.6 is 11.6 Å². The van der Waals surface area contributed by atoms with Crippen molar-refractivity contribution in [2.75, 3.05) is 13.1 Å². The van der Waals surface area contributed by atoms with E-state index in [1.54, 1.807) is 47.6 Å². The summed E-state index contributed by atoms with van der Waals surface area (Å²) in [6, 6.07) is 8.43. The Bertz CT molecular complexity index is 723. The van der Waals surface area contributed by atoms with Gasteiger partial charge < -0.3 is 14.7 Å². The number of halogens is 1. The normalized spacial score (nSPS) is 20.7. The number of hydrogen-bond acceptors (Lipinski definition) is 4. The average molecular weight is 347 g/mol. The second-order valence-corrected chi connectivity index (χ2v) is 6.42. The van der Waals surface area contributed by atoms with Gasteiger partial charge in [-0.2, -0.15) is 0 Å². The molecule has 0 bridgehead atoms. The highest BCUT2D eigenvalue weighted by Gasteiger charge is 2.28. The van der Waals surface area contributed by atoms with E-state index in [2.05, 4.69) is 4.98 Å². The molecule has 1 aliphatic rings. The second kappa shape index (κ2) is 7.20. The molecule has 126 valence electrons. The molecule has 0 aliphatic carbocycles. The Morgan fingerprint density at radius 2 is 2.08 bits per heavy atom. The molecule has 2 aromatic rings. The second-order valence-electron chi connectivity index (χ2n) is 6.01. The van der Waals surface area contributed by atoms with Crippen LogP contribution in [0.5, 0.6) is 11.5 Å². The Hall–Kier alpha value is -2.11. The Balaban J connectivity index is 1.73. The molecule has 24 heavy (non-hydrogen) atoms. The molecule has 2 heterocycles. The molecule has 5 nitrogen and oxygen atoms in total. The number of piperidine rings is 1. The number of likely N-dealkylation sites (tertiary alicyclic amines) is 1. The molecule has 1 amide bonds. The Kier molecular flexibility index (Phi) is 5.02. The molecule has 6 heteroatoms. The maximum atomic E-state index is 12.6. The molecule has 2 unspecified atom stereocenters. The summed E-state index contributed by atoms with van der Waals surface area (Å²) < 4.78 is 5.68. The number of aromatic nitrogens is 1. The van der Waals surface area contributed by atoms with E-state index >= 15 is 0 Å². The average Bonchev–Trinajstić information content (AvgIpc) is 2.59. The molecule has 1 aliphatic heterocycles. The Labute approximate surface area is 145 Å². The van der Waals surface area contributed by atoms with Crippen molar-refractivity contribution in [1.29, 1.82) is 0 Å². The molecule has 0 spiro atoms. The number of ether oxygens (including phenoxy) is 1. The number of hydrogen-bond donors (Lipinski definition) is 1. The van der Waals surface area contributed by atoms with Gasteiger partial charge in [-0.25, -0.2) is 0 Å². The zero-order chi connectivity index (χ0) is 17.1. The minimum atomic E-state index is -0.479. The van der Waals surface area contributed by atoms with Crippen LogP contribution in [0.15, 0.2) is 42.7 Å². The summed E-state index contributed by atoms with van der Waals surface area (Å²) in [5.41, 5.74) is 0.490. The van der Waals surface area contributed by atoms with Crippen LogP contribution in [-0.2, 0) is 0 Å². The Morgan fingerprint density at radius 1 is 1.33 bits per heavy atom. The standard InChI is InChI=1S/C18H19ClN2O3/c1-12-6-9-21(11-16(12)22)18(23)13-2-3-17(15(19)10-13)24-14-4-7-20-8-5-14/h2-5,7-8,10,12,16,22H,6,9,11H2,1H3. The van der Waals surface area contributed by atoms with Gasteiger partial charge in [-0.3, -0.25) is 9.78 Å². The van der Waals surface area contributed by atoms with Gasteiger partial charge >= 0.3 is 0 Å². The van der Waals surface area contributed by atoms with Gasteiger partial charge in [-0.05, 0) is 42.7 Å². The topological polar surface area (TPSA) is 62.7 Å². The number of aliphatic hydroxyl groups excluding tert-OH is 1. The van der Waals surface area contributed by atoms with Crippen molar-refractivity contribution in [2.45, 2.75) is 19.4 Å². The number of carbonyl (C=O) groups excluding carboxylic acids is 1. The summed E-state index contributed by atoms with van der Waals surface area (Å²) in [4.78, 5) is 18.2. The molecular formula is C18H19ClN2O3. The summed E-state index contributed by atoms with van der Waals surface area (Å²) in [6.07, 6.45) is 3.57. The number of rotatable bonds is 3. The fourth-order valence-corrected chi connectivity index (χ4v) is 2.88. The predicted molar refractivity (Wildman–Crippen MR) is 91.5 cm³/mol. The van der Waals surface area contributed by atoms with E-state index in [4.69, 9.17) is 16.3 Å². The lowest BCUT2D eigenvalue weighted by Gasteiger charge is -2.34. The van der Waals surface area contributed by atoms with E-state index in [1.807, 2.05) is 6.92 Å². The zero-order valence-corrected chi connectivity index (χ0v) is 14.1. The number of amides is 1. The summed E-state index contributed by atoms with van der Waals surface area (Å²) in [5, 5.41) is 10.3. The first-order valence-electron chi connectivity index (χ1n) is 7.89. The minimum absolute atomic E-state index is 0.127. The lowest BCUT2D eigenvalue weighted by Crippen LogP contribution is -2.45. The number of β-amino-alcohol motifs (C(OH)–C–C–N with tert-alkyl or cyclic N) is 1. The zero-order valence-electron chi connectivity index (χ0n) is 13.4. The van der Waals surface area contributed by atoms with Gasteiger partial charge in [0.1, 0.15) is 11.5 Å². The van der Waals surface area contributed by atoms with Crippen LogP contribution in [0, 0.1) is 5.92 Å². The molecule has 1 saturated heterocycles. The first-order chi connectivity index (χ1) is 11.5. The first-order valence-corrected chi connectivity index (χ1v) is 8.27. The molecule has 1 N–H and O–H groups in total. The number of carbonyl (C=O) groups is 1. The molecular weight excluding hydrogens is 328 g/mol. The third kappa shape index (κ3) is 3.68. The summed E-state index contributed by atoms with van der Waals surface area (Å²) in [6.45, 7) is 2.99. The van der Waals surface area contributed by atoms with Crippen LogP contribution < -0.4 is 4.74 Å². The van der Waals surface area contributed by atoms with Crippen LogP contribution in [0.2, 0.25) is 5.02 Å². The van der Waals surface area contributed by atoms with Gasteiger partial charge in [0.15, 0.2) is 0 Å². The van der Waals surface area contributed by atoms with Crippen LogP contribution in [-0.4, -0.2) is 40.1 Å². The fraction of sp³-hybridized carbons (Fsp3) is 0.333. The van der Waals surface area contributed by atoms with Crippen molar-refractivity contribution in [2.24, 2.45) is 5.92 Å². The number of nitrogens with zero attached hydrogens (tertiary/aromatic N) is 2. The highest BCUT2D eigenvalue weighted by atomic mass is 35.5. The largest absolute Gasteiger partial charge is 0.456 e. The van der Waals surface area contributed by atoms with Crippen LogP contribution in [0.25, 0.3) is 0 Å². The Morgan fingerprint density at radius 3 is 2.75 bits per heavy atom. The third-order valence-corrected chi connectivity index (χ3v) is 4.56. The smallest absolute Gasteiger partial charge is 0.253 e. The number of pyridine rings is 1. The molecule has 2 atom stereocenters. The molecule has 0 saturated carbocycles. The SMILES string of the molecule is CC1CCN(C(=O)c2ccc(Oc3ccncc3)c(Cl)c2)CC1O. The van der Waals surface area contributed by atoms with E-state index in [0.29, 0.717) is 35.2 Å². The van der Waals surface area contributed by atoms with Crippen LogP contribution in [0.3, 0.4) is 0 Å². The van der Waals surface area contributed by atoms with Crippen molar-refractivity contribution < 1.29 is 14.6 Å². The predicted octanol–water partition coefficient (Wildman–Crippen LogP) is 3.37. The number of aliphatic hydroxyl groups is 1. The van der Waals surface area contributed by atoms with E-state index in [1.165, 1.54) is 0 Å². The fourth-order valence-electron chi connectivity index (χ4n) is 2.67. The third-order valence-electron chi connectivity index (χ3n) is 4.26. The van der Waals surface area contributed by atoms with Crippen molar-refractivity contribution in [1.82, 2.24) is 9.88 Å². The van der Waals surface area contributed by atoms with E-state index < -0.39 is 6.10 Å². The van der Waals surface area contributed by atoms with Gasteiger partial charge in [0, 0.05) is 31.0 Å². The van der Waals surface area contributed by atoms with Crippen LogP contribution in [0.4, 0.5) is 0 Å². The maximum Gasteiger partial charge on any atom is 0.253 e. The molecule has 1 fully saturated rings. The van der Waals surface area contributed by atoms with Crippen molar-refractivity contribution in [3.63, 3.8) is 0 Å². The molecule has 3 rings (SSSR count). The van der Waals surface area contributed by atoms with E-state index in [-0.39, 0.29) is 11.8 Å². The molecule has 0 radical (unpaired) electrons. The summed E-state index contributed by atoms with van der Waals surface area (Å²) >= 11 is 6.25. The first kappa shape index (κ1) is 16.7. The van der Waals surface area contributed by atoms with E-state index in [0.717, 1.165) is 6.42 Å². The molecule has 1 aromatic heterocycles. The van der Waals surface area contributed by atoms with Gasteiger partial charge in [-0.1, -0.05) is 18.5 Å².